The zero-order chi connectivity index (χ0) is 17.9. The van der Waals surface area contributed by atoms with E-state index < -0.39 is 23.7 Å². The average Bonchev–Trinajstić information content (AvgIpc) is 2.48. The Balaban J connectivity index is 2.04. The minimum absolute atomic E-state index is 0.105. The highest BCUT2D eigenvalue weighted by Crippen LogP contribution is 2.18. The predicted octanol–water partition coefficient (Wildman–Crippen LogP) is 2.35. The zero-order valence-corrected chi connectivity index (χ0v) is 15.6. The molecule has 1 aromatic heterocycles. The summed E-state index contributed by atoms with van der Waals surface area (Å²) in [6.07, 6.45) is 1.24. The Kier molecular flexibility index (Phi) is 5.82. The van der Waals surface area contributed by atoms with Crippen LogP contribution in [0.5, 0.6) is 0 Å². The summed E-state index contributed by atoms with van der Waals surface area (Å²) in [5.41, 5.74) is 0.325. The number of amides is 1. The Labute approximate surface area is 149 Å². The highest BCUT2D eigenvalue weighted by Gasteiger charge is 2.35. The van der Waals surface area contributed by atoms with E-state index >= 15 is 0 Å². The van der Waals surface area contributed by atoms with Crippen molar-refractivity contribution in [2.75, 3.05) is 19.6 Å². The van der Waals surface area contributed by atoms with Crippen molar-refractivity contribution in [2.24, 2.45) is 0 Å². The maximum atomic E-state index is 12.2. The summed E-state index contributed by atoms with van der Waals surface area (Å²) in [5, 5.41) is 9.52. The van der Waals surface area contributed by atoms with E-state index in [0.717, 1.165) is 10.2 Å². The molecular weight excluding hydrogens is 378 g/mol. The summed E-state index contributed by atoms with van der Waals surface area (Å²) in [7, 11) is 0. The maximum Gasteiger partial charge on any atom is 0.410 e. The molecule has 1 aliphatic heterocycles. The number of pyridine rings is 1. The number of nitrogens with zero attached hydrogens (tertiary/aromatic N) is 3. The van der Waals surface area contributed by atoms with Gasteiger partial charge >= 0.3 is 12.1 Å². The number of hydrogen-bond donors (Lipinski definition) is 1. The molecule has 0 saturated carbocycles. The summed E-state index contributed by atoms with van der Waals surface area (Å²) >= 11 is 3.28. The molecule has 1 aliphatic rings. The van der Waals surface area contributed by atoms with Crippen LogP contribution in [0.2, 0.25) is 0 Å². The van der Waals surface area contributed by atoms with Gasteiger partial charge in [-0.25, -0.2) is 9.78 Å². The lowest BCUT2D eigenvalue weighted by Crippen LogP contribution is -2.57. The van der Waals surface area contributed by atoms with E-state index in [1.165, 1.54) is 4.90 Å². The van der Waals surface area contributed by atoms with Gasteiger partial charge in [0.15, 0.2) is 0 Å². The zero-order valence-electron chi connectivity index (χ0n) is 14.0. The van der Waals surface area contributed by atoms with Crippen molar-refractivity contribution < 1.29 is 19.4 Å². The maximum absolute atomic E-state index is 12.2. The lowest BCUT2D eigenvalue weighted by atomic mass is 10.1. The van der Waals surface area contributed by atoms with E-state index in [4.69, 9.17) is 4.74 Å². The van der Waals surface area contributed by atoms with E-state index in [-0.39, 0.29) is 6.54 Å². The van der Waals surface area contributed by atoms with Gasteiger partial charge in [0.05, 0.1) is 6.54 Å². The van der Waals surface area contributed by atoms with Gasteiger partial charge in [0.2, 0.25) is 0 Å². The van der Waals surface area contributed by atoms with Crippen molar-refractivity contribution >= 4 is 28.0 Å². The molecule has 24 heavy (non-hydrogen) atoms. The van der Waals surface area contributed by atoms with Gasteiger partial charge in [-0.2, -0.15) is 0 Å². The molecule has 0 unspecified atom stereocenters. The Morgan fingerprint density at radius 2 is 2.08 bits per heavy atom. The molecular formula is C16H22BrN3O4. The molecule has 132 valence electrons. The number of aromatic nitrogens is 1. The number of hydrogen-bond acceptors (Lipinski definition) is 5. The number of ether oxygens (including phenoxy) is 1. The monoisotopic (exact) mass is 399 g/mol. The number of carboxylic acids is 1. The molecule has 1 aromatic rings. The van der Waals surface area contributed by atoms with Crippen LogP contribution in [-0.4, -0.2) is 63.2 Å². The molecule has 8 heteroatoms. The van der Waals surface area contributed by atoms with Crippen molar-refractivity contribution in [3.63, 3.8) is 0 Å². The van der Waals surface area contributed by atoms with Crippen molar-refractivity contribution in [2.45, 2.75) is 39.0 Å². The van der Waals surface area contributed by atoms with Crippen LogP contribution >= 0.6 is 15.9 Å². The first-order valence-electron chi connectivity index (χ1n) is 7.71. The third-order valence-corrected chi connectivity index (χ3v) is 4.07. The Morgan fingerprint density at radius 3 is 2.62 bits per heavy atom. The molecule has 1 amide bonds. The molecule has 7 nitrogen and oxygen atoms in total. The lowest BCUT2D eigenvalue weighted by molar-refractivity contribution is -0.145. The van der Waals surface area contributed by atoms with E-state index in [0.29, 0.717) is 19.6 Å². The smallest absolute Gasteiger partial charge is 0.410 e. The molecule has 0 radical (unpaired) electrons. The van der Waals surface area contributed by atoms with Crippen molar-refractivity contribution in [1.82, 2.24) is 14.8 Å². The van der Waals surface area contributed by atoms with Gasteiger partial charge in [-0.05, 0) is 48.3 Å². The third kappa shape index (κ3) is 5.17. The first-order valence-corrected chi connectivity index (χ1v) is 8.50. The largest absolute Gasteiger partial charge is 0.480 e. The van der Waals surface area contributed by atoms with Gasteiger partial charge in [-0.3, -0.25) is 9.69 Å². The fourth-order valence-electron chi connectivity index (χ4n) is 2.47. The second kappa shape index (κ2) is 7.48. The predicted molar refractivity (Wildman–Crippen MR) is 91.6 cm³/mol. The van der Waals surface area contributed by atoms with E-state index in [1.54, 1.807) is 27.0 Å². The highest BCUT2D eigenvalue weighted by molar-refractivity contribution is 9.10. The molecule has 0 bridgehead atoms. The average molecular weight is 400 g/mol. The van der Waals surface area contributed by atoms with Gasteiger partial charge in [-0.1, -0.05) is 6.07 Å². The minimum Gasteiger partial charge on any atom is -0.480 e. The van der Waals surface area contributed by atoms with Gasteiger partial charge in [0.1, 0.15) is 16.2 Å². The van der Waals surface area contributed by atoms with Crippen LogP contribution in [0.3, 0.4) is 0 Å². The number of halogens is 1. The van der Waals surface area contributed by atoms with Crippen LogP contribution in [0.1, 0.15) is 26.3 Å². The topological polar surface area (TPSA) is 83.0 Å². The van der Waals surface area contributed by atoms with Crippen LogP contribution in [0.4, 0.5) is 4.79 Å². The first-order chi connectivity index (χ1) is 11.2. The molecule has 0 aliphatic carbocycles. The quantitative estimate of drug-likeness (QED) is 0.785. The first kappa shape index (κ1) is 18.7. The SMILES string of the molecule is CC(C)(C)OC(=O)N1CCN(Cc2ccc(Br)nc2)[C@H](C(=O)O)C1. The molecule has 1 N–H and O–H groups in total. The Bertz CT molecular complexity index is 600. The highest BCUT2D eigenvalue weighted by atomic mass is 79.9. The summed E-state index contributed by atoms with van der Waals surface area (Å²) in [6.45, 7) is 6.84. The number of aliphatic carboxylic acids is 1. The molecule has 0 spiro atoms. The molecule has 1 fully saturated rings. The van der Waals surface area contributed by atoms with Crippen LogP contribution < -0.4 is 0 Å². The van der Waals surface area contributed by atoms with Gasteiger partial charge in [-0.15, -0.1) is 0 Å². The van der Waals surface area contributed by atoms with Gasteiger partial charge in [0, 0.05) is 25.8 Å². The van der Waals surface area contributed by atoms with E-state index in [2.05, 4.69) is 20.9 Å². The molecule has 1 saturated heterocycles. The summed E-state index contributed by atoms with van der Waals surface area (Å²) in [5.74, 6) is -0.951. The minimum atomic E-state index is -0.951. The number of carbonyl (C=O) groups excluding carboxylic acids is 1. The van der Waals surface area contributed by atoms with Gasteiger partial charge in [0.25, 0.3) is 0 Å². The number of carboxylic acid groups (broad SMARTS) is 1. The van der Waals surface area contributed by atoms with Crippen LogP contribution in [0.15, 0.2) is 22.9 Å². The third-order valence-electron chi connectivity index (χ3n) is 3.60. The molecule has 2 heterocycles. The van der Waals surface area contributed by atoms with Crippen LogP contribution in [-0.2, 0) is 16.1 Å². The Morgan fingerprint density at radius 1 is 1.38 bits per heavy atom. The molecule has 2 rings (SSSR count). The van der Waals surface area contributed by atoms with Crippen LogP contribution in [0, 0.1) is 0 Å². The second-order valence-electron chi connectivity index (χ2n) is 6.74. The fraction of sp³-hybridized carbons (Fsp3) is 0.562. The fourth-order valence-corrected chi connectivity index (χ4v) is 2.71. The number of carbonyl (C=O) groups is 2. The lowest BCUT2D eigenvalue weighted by Gasteiger charge is -2.39. The molecule has 0 aromatic carbocycles. The summed E-state index contributed by atoms with van der Waals surface area (Å²) < 4.78 is 6.06. The van der Waals surface area contributed by atoms with Gasteiger partial charge < -0.3 is 14.7 Å². The normalized spacial score (nSPS) is 19.2. The van der Waals surface area contributed by atoms with Crippen molar-refractivity contribution in [3.05, 3.63) is 28.5 Å². The van der Waals surface area contributed by atoms with Crippen LogP contribution in [0.25, 0.3) is 0 Å². The molecule has 1 atom stereocenters. The Hall–Kier alpha value is -1.67. The second-order valence-corrected chi connectivity index (χ2v) is 7.55. The summed E-state index contributed by atoms with van der Waals surface area (Å²) in [6, 6.07) is 2.95. The standard InChI is InChI=1S/C16H22BrN3O4/c1-16(2,3)24-15(23)20-7-6-19(12(10-20)14(21)22)9-11-4-5-13(17)18-8-11/h4-5,8,12H,6-7,9-10H2,1-3H3,(H,21,22)/t12-/m0/s1. The van der Waals surface area contributed by atoms with E-state index in [9.17, 15) is 14.7 Å². The number of piperazine rings is 1. The summed E-state index contributed by atoms with van der Waals surface area (Å²) in [4.78, 5) is 31.2. The van der Waals surface area contributed by atoms with Crippen molar-refractivity contribution in [1.29, 1.82) is 0 Å². The number of rotatable bonds is 3. The van der Waals surface area contributed by atoms with E-state index in [1.807, 2.05) is 17.0 Å². The van der Waals surface area contributed by atoms with Crippen molar-refractivity contribution in [3.8, 4) is 0 Å².